The summed E-state index contributed by atoms with van der Waals surface area (Å²) in [6.45, 7) is 6.02. The van der Waals surface area contributed by atoms with Crippen LogP contribution in [0.2, 0.25) is 0 Å². The average molecular weight is 388 g/mol. The van der Waals surface area contributed by atoms with E-state index in [-0.39, 0.29) is 17.7 Å². The summed E-state index contributed by atoms with van der Waals surface area (Å²) in [5, 5.41) is 6.05. The van der Waals surface area contributed by atoms with E-state index in [1.165, 1.54) is 12.8 Å². The van der Waals surface area contributed by atoms with Crippen LogP contribution in [0.1, 0.15) is 44.6 Å². The van der Waals surface area contributed by atoms with Crippen LogP contribution >= 0.6 is 0 Å². The lowest BCUT2D eigenvalue weighted by Gasteiger charge is -2.31. The van der Waals surface area contributed by atoms with E-state index in [0.717, 1.165) is 43.7 Å². The second-order valence-corrected chi connectivity index (χ2v) is 8.03. The molecule has 6 nitrogen and oxygen atoms in total. The molecular weight excluding hydrogens is 354 g/mol. The third-order valence-electron chi connectivity index (χ3n) is 5.39. The summed E-state index contributed by atoms with van der Waals surface area (Å²) >= 11 is 0. The minimum absolute atomic E-state index is 0.00495. The van der Waals surface area contributed by atoms with Gasteiger partial charge in [-0.05, 0) is 62.3 Å². The number of hydrogen-bond donors (Lipinski definition) is 2. The number of hydrogen-bond acceptors (Lipinski definition) is 4. The van der Waals surface area contributed by atoms with Crippen LogP contribution in [-0.2, 0) is 16.1 Å². The van der Waals surface area contributed by atoms with E-state index in [1.807, 2.05) is 24.3 Å². The zero-order valence-electron chi connectivity index (χ0n) is 16.9. The summed E-state index contributed by atoms with van der Waals surface area (Å²) < 4.78 is 5.57. The molecule has 1 saturated carbocycles. The molecule has 3 rings (SSSR count). The monoisotopic (exact) mass is 387 g/mol. The van der Waals surface area contributed by atoms with Crippen molar-refractivity contribution in [3.63, 3.8) is 0 Å². The highest BCUT2D eigenvalue weighted by molar-refractivity contribution is 5.80. The van der Waals surface area contributed by atoms with Crippen LogP contribution in [0.3, 0.4) is 0 Å². The van der Waals surface area contributed by atoms with Crippen LogP contribution in [0.25, 0.3) is 0 Å². The minimum Gasteiger partial charge on any atom is -0.494 e. The molecule has 1 aromatic rings. The van der Waals surface area contributed by atoms with E-state index >= 15 is 0 Å². The van der Waals surface area contributed by atoms with E-state index in [0.29, 0.717) is 32.2 Å². The fraction of sp³-hybridized carbons (Fsp3) is 0.636. The minimum atomic E-state index is 0.00495. The van der Waals surface area contributed by atoms with Gasteiger partial charge >= 0.3 is 0 Å². The zero-order valence-corrected chi connectivity index (χ0v) is 16.9. The molecule has 0 radical (unpaired) electrons. The topological polar surface area (TPSA) is 70.7 Å². The molecule has 1 unspecified atom stereocenters. The van der Waals surface area contributed by atoms with E-state index in [2.05, 4.69) is 22.5 Å². The average Bonchev–Trinajstić information content (AvgIpc) is 3.54. The van der Waals surface area contributed by atoms with Crippen molar-refractivity contribution in [1.82, 2.24) is 15.5 Å². The maximum Gasteiger partial charge on any atom is 0.234 e. The van der Waals surface area contributed by atoms with E-state index in [9.17, 15) is 9.59 Å². The Morgan fingerprint density at radius 2 is 1.93 bits per heavy atom. The Kier molecular flexibility index (Phi) is 7.71. The number of carbonyl (C=O) groups is 2. The summed E-state index contributed by atoms with van der Waals surface area (Å²) in [4.78, 5) is 26.7. The molecule has 2 amide bonds. The summed E-state index contributed by atoms with van der Waals surface area (Å²) in [6, 6.07) is 7.83. The maximum absolute atomic E-state index is 12.3. The number of amides is 2. The molecule has 1 aromatic carbocycles. The van der Waals surface area contributed by atoms with Gasteiger partial charge in [-0.15, -0.1) is 0 Å². The van der Waals surface area contributed by atoms with E-state index in [1.54, 1.807) is 0 Å². The molecule has 1 aliphatic heterocycles. The molecular formula is C22H33N3O3. The Hall–Kier alpha value is -2.08. The summed E-state index contributed by atoms with van der Waals surface area (Å²) in [5.74, 6) is 1.72. The lowest BCUT2D eigenvalue weighted by Crippen LogP contribution is -2.46. The van der Waals surface area contributed by atoms with Crippen molar-refractivity contribution in [3.8, 4) is 5.75 Å². The number of carbonyl (C=O) groups excluding carboxylic acids is 2. The van der Waals surface area contributed by atoms with Crippen molar-refractivity contribution in [3.05, 3.63) is 29.8 Å². The number of nitrogens with zero attached hydrogens (tertiary/aromatic N) is 1. The summed E-state index contributed by atoms with van der Waals surface area (Å²) in [7, 11) is 0. The molecule has 1 saturated heterocycles. The first-order chi connectivity index (χ1) is 13.6. The van der Waals surface area contributed by atoms with Crippen molar-refractivity contribution < 1.29 is 14.3 Å². The second kappa shape index (κ2) is 10.5. The Morgan fingerprint density at radius 1 is 1.14 bits per heavy atom. The number of nitrogens with one attached hydrogen (secondary N) is 2. The molecule has 28 heavy (non-hydrogen) atoms. The zero-order chi connectivity index (χ0) is 19.8. The lowest BCUT2D eigenvalue weighted by molar-refractivity contribution is -0.129. The predicted octanol–water partition coefficient (Wildman–Crippen LogP) is 2.33. The molecule has 6 heteroatoms. The largest absolute Gasteiger partial charge is 0.494 e. The molecule has 2 fully saturated rings. The first-order valence-electron chi connectivity index (χ1n) is 10.6. The normalized spacial score (nSPS) is 19.8. The summed E-state index contributed by atoms with van der Waals surface area (Å²) in [6.07, 6.45) is 5.35. The van der Waals surface area contributed by atoms with Crippen molar-refractivity contribution in [2.24, 2.45) is 11.8 Å². The highest BCUT2D eigenvalue weighted by Crippen LogP contribution is 2.28. The van der Waals surface area contributed by atoms with Gasteiger partial charge in [-0.3, -0.25) is 14.5 Å². The van der Waals surface area contributed by atoms with Gasteiger partial charge in [-0.2, -0.15) is 0 Å². The Labute approximate surface area is 168 Å². The fourth-order valence-corrected chi connectivity index (χ4v) is 3.51. The van der Waals surface area contributed by atoms with Crippen molar-refractivity contribution in [2.75, 3.05) is 32.8 Å². The Bertz CT molecular complexity index is 643. The van der Waals surface area contributed by atoms with Crippen LogP contribution in [-0.4, -0.2) is 49.5 Å². The summed E-state index contributed by atoms with van der Waals surface area (Å²) in [5.41, 5.74) is 1.05. The van der Waals surface area contributed by atoms with Gasteiger partial charge in [0.2, 0.25) is 11.8 Å². The third-order valence-corrected chi connectivity index (χ3v) is 5.39. The van der Waals surface area contributed by atoms with Gasteiger partial charge in [0.1, 0.15) is 5.75 Å². The molecule has 1 atom stereocenters. The van der Waals surface area contributed by atoms with Gasteiger partial charge in [0.15, 0.2) is 0 Å². The quantitative estimate of drug-likeness (QED) is 0.646. The van der Waals surface area contributed by atoms with Crippen LogP contribution in [0.4, 0.5) is 0 Å². The van der Waals surface area contributed by atoms with Gasteiger partial charge in [0.25, 0.3) is 0 Å². The van der Waals surface area contributed by atoms with Gasteiger partial charge in [0, 0.05) is 19.6 Å². The number of piperidine rings is 1. The lowest BCUT2D eigenvalue weighted by atomic mass is 9.97. The van der Waals surface area contributed by atoms with Crippen molar-refractivity contribution in [2.45, 2.75) is 45.6 Å². The van der Waals surface area contributed by atoms with Gasteiger partial charge in [-0.25, -0.2) is 0 Å². The maximum atomic E-state index is 12.3. The van der Waals surface area contributed by atoms with Crippen molar-refractivity contribution >= 4 is 11.8 Å². The second-order valence-electron chi connectivity index (χ2n) is 8.03. The number of likely N-dealkylation sites (tertiary alicyclic amines) is 1. The highest BCUT2D eigenvalue weighted by atomic mass is 16.5. The first-order valence-corrected chi connectivity index (χ1v) is 10.6. The molecule has 0 bridgehead atoms. The molecule has 2 aliphatic rings. The first kappa shape index (κ1) is 20.6. The van der Waals surface area contributed by atoms with Crippen LogP contribution < -0.4 is 15.4 Å². The number of ether oxygens (including phenoxy) is 1. The van der Waals surface area contributed by atoms with Crippen LogP contribution in [0.5, 0.6) is 5.75 Å². The Morgan fingerprint density at radius 3 is 2.64 bits per heavy atom. The van der Waals surface area contributed by atoms with Gasteiger partial charge < -0.3 is 15.4 Å². The van der Waals surface area contributed by atoms with Crippen LogP contribution in [0.15, 0.2) is 24.3 Å². The van der Waals surface area contributed by atoms with E-state index in [4.69, 9.17) is 4.74 Å². The molecule has 154 valence electrons. The molecule has 0 aromatic heterocycles. The Balaban J connectivity index is 1.37. The van der Waals surface area contributed by atoms with Gasteiger partial charge in [-0.1, -0.05) is 19.1 Å². The van der Waals surface area contributed by atoms with E-state index < -0.39 is 0 Å². The highest BCUT2D eigenvalue weighted by Gasteiger charge is 2.28. The fourth-order valence-electron chi connectivity index (χ4n) is 3.51. The third kappa shape index (κ3) is 6.82. The number of benzene rings is 1. The predicted molar refractivity (Wildman–Crippen MR) is 109 cm³/mol. The molecule has 1 aliphatic carbocycles. The molecule has 0 spiro atoms. The number of rotatable bonds is 10. The standard InChI is InChI=1S/C22H33N3O3/c1-2-12-28-20-9-7-18(8-10-20)13-23-21(26)16-25-11-3-4-19(15-25)22(27)24-14-17-5-6-17/h7-10,17,19H,2-6,11-16H2,1H3,(H,23,26)(H,24,27). The molecule has 2 N–H and O–H groups in total. The smallest absolute Gasteiger partial charge is 0.234 e. The SMILES string of the molecule is CCCOc1ccc(CNC(=O)CN2CCCC(C(=O)NCC3CC3)C2)cc1. The van der Waals surface area contributed by atoms with Gasteiger partial charge in [0.05, 0.1) is 19.1 Å². The van der Waals surface area contributed by atoms with Crippen molar-refractivity contribution in [1.29, 1.82) is 0 Å². The van der Waals surface area contributed by atoms with Crippen LogP contribution in [0, 0.1) is 11.8 Å². The molecule has 1 heterocycles.